The van der Waals surface area contributed by atoms with Crippen LogP contribution in [0.2, 0.25) is 0 Å². The van der Waals surface area contributed by atoms with Crippen LogP contribution in [-0.2, 0) is 16.0 Å². The third-order valence-corrected chi connectivity index (χ3v) is 4.73. The zero-order valence-corrected chi connectivity index (χ0v) is 18.5. The Labute approximate surface area is 185 Å². The summed E-state index contributed by atoms with van der Waals surface area (Å²) < 4.78 is 16.6. The second kappa shape index (κ2) is 10.4. The molecule has 3 rings (SSSR count). The third kappa shape index (κ3) is 5.05. The average Bonchev–Trinajstić information content (AvgIpc) is 3.21. The Morgan fingerprint density at radius 2 is 1.94 bits per heavy atom. The highest BCUT2D eigenvalue weighted by molar-refractivity contribution is 5.90. The van der Waals surface area contributed by atoms with Gasteiger partial charge in [-0.3, -0.25) is 10.00 Å². The number of anilines is 2. The average molecular weight is 442 g/mol. The van der Waals surface area contributed by atoms with Crippen molar-refractivity contribution in [2.24, 2.45) is 0 Å². The summed E-state index contributed by atoms with van der Waals surface area (Å²) in [5.41, 5.74) is 2.33. The first-order valence-corrected chi connectivity index (χ1v) is 10.1. The fourth-order valence-corrected chi connectivity index (χ4v) is 3.13. The molecule has 3 aromatic rings. The number of hydrogen-bond acceptors (Lipinski definition) is 9. The summed E-state index contributed by atoms with van der Waals surface area (Å²) in [6.07, 6.45) is 2.86. The molecule has 0 aliphatic heterocycles. The molecule has 0 aliphatic rings. The molecule has 0 saturated carbocycles. The van der Waals surface area contributed by atoms with E-state index in [1.165, 1.54) is 14.2 Å². The van der Waals surface area contributed by atoms with Gasteiger partial charge >= 0.3 is 12.1 Å². The Bertz CT molecular complexity index is 1110. The number of benzene rings is 1. The fourth-order valence-electron chi connectivity index (χ4n) is 3.13. The number of fused-ring (bicyclic) bond motifs is 1. The summed E-state index contributed by atoms with van der Waals surface area (Å²) in [5, 5.41) is 10.2. The highest BCUT2D eigenvalue weighted by Gasteiger charge is 2.17. The Morgan fingerprint density at radius 3 is 2.62 bits per heavy atom. The molecule has 0 spiro atoms. The van der Waals surface area contributed by atoms with Gasteiger partial charge in [-0.25, -0.2) is 14.6 Å². The summed E-state index contributed by atoms with van der Waals surface area (Å²) in [5.74, 6) is 0.790. The van der Waals surface area contributed by atoms with Crippen molar-refractivity contribution in [1.82, 2.24) is 19.7 Å². The predicted octanol–water partition coefficient (Wildman–Crippen LogP) is 3.06. The van der Waals surface area contributed by atoms with Crippen LogP contribution in [0.15, 0.2) is 24.4 Å². The van der Waals surface area contributed by atoms with E-state index in [9.17, 15) is 9.59 Å². The van der Waals surface area contributed by atoms with Gasteiger partial charge < -0.3 is 19.5 Å². The lowest BCUT2D eigenvalue weighted by Gasteiger charge is -2.13. The van der Waals surface area contributed by atoms with Crippen LogP contribution >= 0.6 is 0 Å². The van der Waals surface area contributed by atoms with E-state index in [0.29, 0.717) is 41.3 Å². The highest BCUT2D eigenvalue weighted by atomic mass is 16.5. The maximum Gasteiger partial charge on any atom is 0.413 e. The molecule has 0 saturated heterocycles. The molecule has 2 heterocycles. The second-order valence-electron chi connectivity index (χ2n) is 6.85. The minimum Gasteiger partial charge on any atom is -0.496 e. The van der Waals surface area contributed by atoms with Gasteiger partial charge in [-0.1, -0.05) is 13.3 Å². The standard InChI is InChI=1S/C21H26N6O5/c1-5-6-9-22-18-17-15(24-20(25-18)26-21(29)32-4)11-23-27(17)12-14-10-13(19(28)31-3)7-8-16(14)30-2/h7-8,10-11H,5-6,9,12H2,1-4H3,(H2,22,24,25,26,29). The number of esters is 1. The summed E-state index contributed by atoms with van der Waals surface area (Å²) in [6, 6.07) is 5.06. The Morgan fingerprint density at radius 1 is 1.12 bits per heavy atom. The van der Waals surface area contributed by atoms with E-state index >= 15 is 0 Å². The molecule has 2 N–H and O–H groups in total. The van der Waals surface area contributed by atoms with Crippen molar-refractivity contribution >= 4 is 34.9 Å². The van der Waals surface area contributed by atoms with E-state index in [1.807, 2.05) is 0 Å². The number of hydrogen-bond donors (Lipinski definition) is 2. The van der Waals surface area contributed by atoms with Gasteiger partial charge in [-0.05, 0) is 24.6 Å². The van der Waals surface area contributed by atoms with Gasteiger partial charge in [0.1, 0.15) is 16.8 Å². The monoisotopic (exact) mass is 442 g/mol. The first-order chi connectivity index (χ1) is 15.5. The summed E-state index contributed by atoms with van der Waals surface area (Å²) >= 11 is 0. The van der Waals surface area contributed by atoms with Crippen molar-refractivity contribution in [3.63, 3.8) is 0 Å². The lowest BCUT2D eigenvalue weighted by atomic mass is 10.1. The van der Waals surface area contributed by atoms with Crippen LogP contribution in [0.1, 0.15) is 35.7 Å². The second-order valence-corrected chi connectivity index (χ2v) is 6.85. The van der Waals surface area contributed by atoms with Gasteiger partial charge in [0.15, 0.2) is 5.82 Å². The largest absolute Gasteiger partial charge is 0.496 e. The van der Waals surface area contributed by atoms with E-state index in [0.717, 1.165) is 18.4 Å². The lowest BCUT2D eigenvalue weighted by Crippen LogP contribution is -2.15. The van der Waals surface area contributed by atoms with Crippen molar-refractivity contribution in [1.29, 1.82) is 0 Å². The minimum absolute atomic E-state index is 0.105. The van der Waals surface area contributed by atoms with Crippen LogP contribution in [0.3, 0.4) is 0 Å². The molecule has 0 bridgehead atoms. The van der Waals surface area contributed by atoms with E-state index in [-0.39, 0.29) is 5.95 Å². The van der Waals surface area contributed by atoms with Gasteiger partial charge in [-0.2, -0.15) is 10.1 Å². The minimum atomic E-state index is -0.666. The Hall–Kier alpha value is -3.89. The number of unbranched alkanes of at least 4 members (excludes halogenated alkanes) is 1. The van der Waals surface area contributed by atoms with Crippen molar-refractivity contribution < 1.29 is 23.8 Å². The lowest BCUT2D eigenvalue weighted by molar-refractivity contribution is 0.0600. The fraction of sp³-hybridized carbons (Fsp3) is 0.381. The number of nitrogens with one attached hydrogen (secondary N) is 2. The molecule has 11 heteroatoms. The van der Waals surface area contributed by atoms with Crippen molar-refractivity contribution in [2.45, 2.75) is 26.3 Å². The number of carbonyl (C=O) groups excluding carboxylic acids is 2. The first-order valence-electron chi connectivity index (χ1n) is 10.1. The molecule has 0 unspecified atom stereocenters. The number of rotatable bonds is 9. The highest BCUT2D eigenvalue weighted by Crippen LogP contribution is 2.26. The van der Waals surface area contributed by atoms with Crippen LogP contribution in [0.25, 0.3) is 11.0 Å². The topological polar surface area (TPSA) is 129 Å². The number of nitrogens with zero attached hydrogens (tertiary/aromatic N) is 4. The predicted molar refractivity (Wildman–Crippen MR) is 118 cm³/mol. The van der Waals surface area contributed by atoms with Gasteiger partial charge in [0.05, 0.1) is 39.6 Å². The van der Waals surface area contributed by atoms with Gasteiger partial charge in [0, 0.05) is 12.1 Å². The first kappa shape index (κ1) is 22.8. The molecule has 0 atom stereocenters. The molecule has 1 aromatic carbocycles. The van der Waals surface area contributed by atoms with Gasteiger partial charge in [0.25, 0.3) is 0 Å². The number of aromatic nitrogens is 4. The SMILES string of the molecule is CCCCNc1nc(NC(=O)OC)nc2cnn(Cc3cc(C(=O)OC)ccc3OC)c12. The van der Waals surface area contributed by atoms with E-state index in [2.05, 4.69) is 37.4 Å². The van der Waals surface area contributed by atoms with Gasteiger partial charge in [-0.15, -0.1) is 0 Å². The molecule has 0 radical (unpaired) electrons. The zero-order chi connectivity index (χ0) is 23.1. The van der Waals surface area contributed by atoms with E-state index in [4.69, 9.17) is 9.47 Å². The molecule has 0 aliphatic carbocycles. The number of ether oxygens (including phenoxy) is 3. The van der Waals surface area contributed by atoms with Crippen LogP contribution in [0.5, 0.6) is 5.75 Å². The molecule has 2 aromatic heterocycles. The maximum atomic E-state index is 12.0. The summed E-state index contributed by atoms with van der Waals surface area (Å²) in [7, 11) is 4.16. The maximum absolute atomic E-state index is 12.0. The molecule has 1 amide bonds. The Balaban J connectivity index is 2.03. The smallest absolute Gasteiger partial charge is 0.413 e. The molecule has 0 fully saturated rings. The van der Waals surface area contributed by atoms with Crippen LogP contribution in [0, 0.1) is 0 Å². The molecule has 11 nitrogen and oxygen atoms in total. The van der Waals surface area contributed by atoms with Crippen LogP contribution in [-0.4, -0.2) is 59.7 Å². The van der Waals surface area contributed by atoms with Crippen molar-refractivity contribution in [3.05, 3.63) is 35.5 Å². The number of carbonyl (C=O) groups is 2. The van der Waals surface area contributed by atoms with Crippen molar-refractivity contribution in [3.8, 4) is 5.75 Å². The van der Waals surface area contributed by atoms with Crippen LogP contribution in [0.4, 0.5) is 16.6 Å². The van der Waals surface area contributed by atoms with E-state index < -0.39 is 12.1 Å². The molecule has 170 valence electrons. The number of methoxy groups -OCH3 is 3. The quantitative estimate of drug-likeness (QED) is 0.379. The van der Waals surface area contributed by atoms with Crippen LogP contribution < -0.4 is 15.4 Å². The van der Waals surface area contributed by atoms with Gasteiger partial charge in [0.2, 0.25) is 5.95 Å². The Kier molecular flexibility index (Phi) is 7.42. The van der Waals surface area contributed by atoms with E-state index in [1.54, 1.807) is 36.2 Å². The number of amides is 1. The third-order valence-electron chi connectivity index (χ3n) is 4.73. The molecule has 32 heavy (non-hydrogen) atoms. The summed E-state index contributed by atoms with van der Waals surface area (Å²) in [4.78, 5) is 32.4. The molecular weight excluding hydrogens is 416 g/mol. The normalized spacial score (nSPS) is 10.6. The zero-order valence-electron chi connectivity index (χ0n) is 18.5. The molecular formula is C21H26N6O5. The van der Waals surface area contributed by atoms with Crippen molar-refractivity contribution in [2.75, 3.05) is 38.5 Å². The summed E-state index contributed by atoms with van der Waals surface area (Å²) in [6.45, 7) is 3.08.